The van der Waals surface area contributed by atoms with Crippen LogP contribution in [0, 0.1) is 23.0 Å². The number of alkyl halides is 3. The Kier molecular flexibility index (Phi) is 8.43. The van der Waals surface area contributed by atoms with E-state index in [1.54, 1.807) is 36.4 Å². The van der Waals surface area contributed by atoms with E-state index in [1.807, 2.05) is 6.07 Å². The lowest BCUT2D eigenvalue weighted by atomic mass is 9.94. The van der Waals surface area contributed by atoms with E-state index in [0.29, 0.717) is 50.3 Å². The highest BCUT2D eigenvalue weighted by atomic mass is 35.5. The summed E-state index contributed by atoms with van der Waals surface area (Å²) >= 11 is 6.41. The van der Waals surface area contributed by atoms with Gasteiger partial charge in [0, 0.05) is 46.4 Å². The lowest BCUT2D eigenvalue weighted by molar-refractivity contribution is -0.146. The zero-order valence-electron chi connectivity index (χ0n) is 22.6. The fraction of sp³-hybridized carbons (Fsp3) is 0.226. The first-order chi connectivity index (χ1) is 20.9. The van der Waals surface area contributed by atoms with E-state index >= 15 is 8.78 Å². The number of fused-ring (bicyclic) bond motifs is 1. The van der Waals surface area contributed by atoms with Gasteiger partial charge in [0.15, 0.2) is 0 Å². The third-order valence-corrected chi connectivity index (χ3v) is 7.80. The lowest BCUT2D eigenvalue weighted by Crippen LogP contribution is -2.43. The number of hydrogen-bond acceptors (Lipinski definition) is 5. The molecule has 3 aromatic carbocycles. The molecule has 2 N–H and O–H groups in total. The van der Waals surface area contributed by atoms with E-state index in [1.165, 1.54) is 12.3 Å². The van der Waals surface area contributed by atoms with Crippen molar-refractivity contribution in [3.8, 4) is 17.2 Å². The van der Waals surface area contributed by atoms with Crippen LogP contribution in [0.25, 0.3) is 22.0 Å². The van der Waals surface area contributed by atoms with Gasteiger partial charge >= 0.3 is 12.1 Å². The van der Waals surface area contributed by atoms with Crippen LogP contribution in [0.15, 0.2) is 60.8 Å². The molecule has 1 saturated heterocycles. The fourth-order valence-electron chi connectivity index (χ4n) is 5.44. The first kappa shape index (κ1) is 30.7. The molecule has 1 fully saturated rings. The van der Waals surface area contributed by atoms with Gasteiger partial charge in [-0.1, -0.05) is 35.9 Å². The highest BCUT2D eigenvalue weighted by molar-refractivity contribution is 6.33. The Morgan fingerprint density at radius 3 is 2.45 bits per heavy atom. The number of nitrogens with zero attached hydrogens (tertiary/aromatic N) is 3. The second kappa shape index (κ2) is 12.1. The minimum absolute atomic E-state index is 0.0747. The number of anilines is 1. The van der Waals surface area contributed by atoms with Gasteiger partial charge in [0.1, 0.15) is 29.3 Å². The third kappa shape index (κ3) is 6.01. The van der Waals surface area contributed by atoms with Gasteiger partial charge in [0.05, 0.1) is 17.1 Å². The summed E-state index contributed by atoms with van der Waals surface area (Å²) in [4.78, 5) is 30.3. The zero-order chi connectivity index (χ0) is 31.8. The molecule has 13 heteroatoms. The van der Waals surface area contributed by atoms with Crippen molar-refractivity contribution in [3.63, 3.8) is 0 Å². The normalized spacial score (nSPS) is 15.7. The van der Waals surface area contributed by atoms with Crippen LogP contribution in [0.5, 0.6) is 0 Å². The van der Waals surface area contributed by atoms with Gasteiger partial charge in [0.25, 0.3) is 5.91 Å². The second-order valence-electron chi connectivity index (χ2n) is 10.2. The van der Waals surface area contributed by atoms with Crippen molar-refractivity contribution < 1.29 is 36.6 Å². The van der Waals surface area contributed by atoms with Crippen molar-refractivity contribution in [1.82, 2.24) is 10.3 Å². The number of halogens is 6. The van der Waals surface area contributed by atoms with Crippen LogP contribution < -0.4 is 10.2 Å². The Labute approximate surface area is 252 Å². The third-order valence-electron chi connectivity index (χ3n) is 7.49. The van der Waals surface area contributed by atoms with Crippen LogP contribution in [-0.4, -0.2) is 46.8 Å². The minimum Gasteiger partial charge on any atom is -0.480 e. The fourth-order valence-corrected chi connectivity index (χ4v) is 5.72. The van der Waals surface area contributed by atoms with Crippen molar-refractivity contribution in [3.05, 3.63) is 94.1 Å². The summed E-state index contributed by atoms with van der Waals surface area (Å²) < 4.78 is 70.2. The number of carbonyl (C=O) groups is 2. The van der Waals surface area contributed by atoms with Gasteiger partial charge in [-0.2, -0.15) is 18.4 Å². The van der Waals surface area contributed by atoms with Crippen molar-refractivity contribution in [2.75, 3.05) is 11.4 Å². The van der Waals surface area contributed by atoms with Gasteiger partial charge < -0.3 is 15.3 Å². The number of benzene rings is 3. The summed E-state index contributed by atoms with van der Waals surface area (Å²) in [7, 11) is 0. The monoisotopic (exact) mass is 628 g/mol. The molecule has 0 radical (unpaired) electrons. The van der Waals surface area contributed by atoms with E-state index in [9.17, 15) is 27.9 Å². The average molecular weight is 629 g/mol. The maximum absolute atomic E-state index is 15.0. The molecule has 0 bridgehead atoms. The van der Waals surface area contributed by atoms with Crippen LogP contribution >= 0.6 is 11.6 Å². The predicted octanol–water partition coefficient (Wildman–Crippen LogP) is 6.66. The molecule has 44 heavy (non-hydrogen) atoms. The molecule has 2 atom stereocenters. The van der Waals surface area contributed by atoms with Crippen molar-refractivity contribution in [2.24, 2.45) is 0 Å². The van der Waals surface area contributed by atoms with Gasteiger partial charge in [-0.3, -0.25) is 9.78 Å². The van der Waals surface area contributed by atoms with Crippen LogP contribution in [0.3, 0.4) is 0 Å². The number of rotatable bonds is 7. The second-order valence-corrected chi connectivity index (χ2v) is 10.6. The van der Waals surface area contributed by atoms with E-state index in [2.05, 4.69) is 10.3 Å². The lowest BCUT2D eigenvalue weighted by Gasteiger charge is -2.28. The Hall–Kier alpha value is -4.76. The molecule has 1 aliphatic rings. The SMILES string of the molecule is N#Cc1ccc(-c2ccc(CC(NC(=O)c3c(F)cc(N4CCCC4C(F)(F)F)cc3F)C(=O)O)c3cccnc23)c(Cl)c1. The van der Waals surface area contributed by atoms with Crippen LogP contribution in [0.4, 0.5) is 27.6 Å². The number of carbonyl (C=O) groups excluding carboxylic acids is 1. The Morgan fingerprint density at radius 2 is 1.82 bits per heavy atom. The van der Waals surface area contributed by atoms with Crippen molar-refractivity contribution >= 4 is 40.1 Å². The summed E-state index contributed by atoms with van der Waals surface area (Å²) in [6.45, 7) is -0.0747. The van der Waals surface area contributed by atoms with Gasteiger partial charge in [-0.15, -0.1) is 0 Å². The van der Waals surface area contributed by atoms with E-state index in [-0.39, 0.29) is 31.5 Å². The highest BCUT2D eigenvalue weighted by Crippen LogP contribution is 2.37. The number of amides is 1. The summed E-state index contributed by atoms with van der Waals surface area (Å²) in [5, 5.41) is 22.0. The summed E-state index contributed by atoms with van der Waals surface area (Å²) in [6.07, 6.45) is -3.45. The number of nitriles is 1. The maximum atomic E-state index is 15.0. The largest absolute Gasteiger partial charge is 0.480 e. The van der Waals surface area contributed by atoms with Crippen molar-refractivity contribution in [1.29, 1.82) is 5.26 Å². The molecule has 1 aromatic heterocycles. The van der Waals surface area contributed by atoms with Crippen LogP contribution in [0.2, 0.25) is 5.02 Å². The predicted molar refractivity (Wildman–Crippen MR) is 152 cm³/mol. The molecule has 1 amide bonds. The Bertz CT molecular complexity index is 1800. The van der Waals surface area contributed by atoms with E-state index in [0.717, 1.165) is 4.90 Å². The summed E-state index contributed by atoms with van der Waals surface area (Å²) in [5.74, 6) is -5.71. The van der Waals surface area contributed by atoms with Crippen LogP contribution in [-0.2, 0) is 11.2 Å². The number of hydrogen-bond donors (Lipinski definition) is 2. The molecule has 2 unspecified atom stereocenters. The van der Waals surface area contributed by atoms with Gasteiger partial charge in [-0.25, -0.2) is 13.6 Å². The average Bonchev–Trinajstić information content (AvgIpc) is 3.48. The molecule has 4 aromatic rings. The number of nitrogens with one attached hydrogen (secondary N) is 1. The van der Waals surface area contributed by atoms with Gasteiger partial charge in [-0.05, 0) is 48.7 Å². The quantitative estimate of drug-likeness (QED) is 0.222. The first-order valence-corrected chi connectivity index (χ1v) is 13.7. The molecule has 226 valence electrons. The number of carboxylic acid groups (broad SMARTS) is 1. The number of aliphatic carboxylic acids is 1. The molecule has 1 aliphatic heterocycles. The zero-order valence-corrected chi connectivity index (χ0v) is 23.4. The van der Waals surface area contributed by atoms with Crippen LogP contribution in [0.1, 0.15) is 34.3 Å². The summed E-state index contributed by atoms with van der Waals surface area (Å²) in [5.41, 5.74) is 0.958. The molecule has 7 nitrogen and oxygen atoms in total. The molecule has 0 saturated carbocycles. The van der Waals surface area contributed by atoms with Crippen molar-refractivity contribution in [2.45, 2.75) is 37.5 Å². The maximum Gasteiger partial charge on any atom is 0.408 e. The molecule has 2 heterocycles. The standard InChI is InChI=1S/C31H22ClF5N4O3/c32-22-11-16(15-38)5-7-20(22)21-8-6-17(19-3-1-9-39-28(19)21)12-25(30(43)44)40-29(42)27-23(33)13-18(14-24(27)34)41-10-2-4-26(41)31(35,36)37/h1,3,5-9,11,13-14,25-26H,2,4,10,12H2,(H,40,42)(H,43,44). The Morgan fingerprint density at radius 1 is 1.11 bits per heavy atom. The topological polar surface area (TPSA) is 106 Å². The molecular formula is C31H22ClF5N4O3. The molecule has 5 rings (SSSR count). The van der Waals surface area contributed by atoms with Gasteiger partial charge in [0.2, 0.25) is 0 Å². The highest BCUT2D eigenvalue weighted by Gasteiger charge is 2.46. The number of carboxylic acids is 1. The first-order valence-electron chi connectivity index (χ1n) is 13.3. The smallest absolute Gasteiger partial charge is 0.408 e. The van der Waals surface area contributed by atoms with E-state index < -0.39 is 47.3 Å². The molecule has 0 aliphatic carbocycles. The molecular weight excluding hydrogens is 607 g/mol. The number of aromatic nitrogens is 1. The Balaban J connectivity index is 1.42. The minimum atomic E-state index is -4.61. The molecule has 0 spiro atoms. The number of pyridine rings is 1. The van der Waals surface area contributed by atoms with E-state index in [4.69, 9.17) is 16.9 Å². The summed E-state index contributed by atoms with van der Waals surface area (Å²) in [6, 6.07) is 11.1.